The minimum atomic E-state index is -0.494. The highest BCUT2D eigenvalue weighted by Gasteiger charge is 2.21. The molecular weight excluding hydrogens is 326 g/mol. The number of benzene rings is 1. The zero-order valence-electron chi connectivity index (χ0n) is 14.2. The summed E-state index contributed by atoms with van der Waals surface area (Å²) < 4.78 is 1.91. The molecule has 128 valence electrons. The molecule has 0 saturated heterocycles. The van der Waals surface area contributed by atoms with Crippen molar-refractivity contribution in [2.75, 3.05) is 6.54 Å². The van der Waals surface area contributed by atoms with Crippen molar-refractivity contribution in [2.45, 2.75) is 38.1 Å². The van der Waals surface area contributed by atoms with Gasteiger partial charge in [0.05, 0.1) is 10.9 Å². The first-order valence-corrected chi connectivity index (χ1v) is 8.55. The third-order valence-corrected chi connectivity index (χ3v) is 4.42. The van der Waals surface area contributed by atoms with Crippen LogP contribution in [-0.2, 0) is 4.79 Å². The summed E-state index contributed by atoms with van der Waals surface area (Å²) in [6, 6.07) is 7.41. The maximum absolute atomic E-state index is 12.1. The number of hydrogen-bond acceptors (Lipinski definition) is 5. The number of urea groups is 1. The minimum Gasteiger partial charge on any atom is -0.338 e. The van der Waals surface area contributed by atoms with Crippen LogP contribution in [-0.4, -0.2) is 38.5 Å². The molecule has 0 radical (unpaired) electrons. The quantitative estimate of drug-likeness (QED) is 0.810. The van der Waals surface area contributed by atoms with E-state index in [4.69, 9.17) is 0 Å². The summed E-state index contributed by atoms with van der Waals surface area (Å²) in [5.74, 6) is 0.367. The molecule has 0 spiro atoms. The Balaban J connectivity index is 2.18. The zero-order valence-corrected chi connectivity index (χ0v) is 15.0. The topological polar surface area (TPSA) is 88.9 Å². The Morgan fingerprint density at radius 2 is 1.96 bits per heavy atom. The van der Waals surface area contributed by atoms with Crippen molar-refractivity contribution >= 4 is 23.7 Å². The molecule has 0 aliphatic rings. The number of nitrogens with one attached hydrogen (secondary N) is 2. The van der Waals surface area contributed by atoms with Gasteiger partial charge in [0.25, 0.3) is 0 Å². The van der Waals surface area contributed by atoms with Crippen molar-refractivity contribution in [3.63, 3.8) is 0 Å². The summed E-state index contributed by atoms with van der Waals surface area (Å²) >= 11 is 1.26. The van der Waals surface area contributed by atoms with Gasteiger partial charge < -0.3 is 5.32 Å². The third-order valence-electron chi connectivity index (χ3n) is 3.38. The van der Waals surface area contributed by atoms with Gasteiger partial charge in [-0.05, 0) is 39.3 Å². The van der Waals surface area contributed by atoms with E-state index in [0.29, 0.717) is 11.7 Å². The molecule has 1 heterocycles. The number of thioether (sulfide) groups is 1. The summed E-state index contributed by atoms with van der Waals surface area (Å²) in [5.41, 5.74) is 2.06. The van der Waals surface area contributed by atoms with E-state index in [2.05, 4.69) is 20.8 Å². The second-order valence-corrected chi connectivity index (χ2v) is 6.57. The Bertz CT molecular complexity index is 744. The summed E-state index contributed by atoms with van der Waals surface area (Å²) in [6.07, 6.45) is 0. The van der Waals surface area contributed by atoms with Gasteiger partial charge in [-0.15, -0.1) is 10.2 Å². The molecule has 1 atom stereocenters. The van der Waals surface area contributed by atoms with Gasteiger partial charge >= 0.3 is 6.03 Å². The molecule has 3 amide bonds. The Morgan fingerprint density at radius 3 is 2.62 bits per heavy atom. The summed E-state index contributed by atoms with van der Waals surface area (Å²) in [4.78, 5) is 23.6. The van der Waals surface area contributed by atoms with E-state index in [0.717, 1.165) is 17.1 Å². The average Bonchev–Trinajstić information content (AvgIpc) is 2.88. The first-order chi connectivity index (χ1) is 11.4. The summed E-state index contributed by atoms with van der Waals surface area (Å²) in [5, 5.41) is 13.3. The normalized spacial score (nSPS) is 11.8. The largest absolute Gasteiger partial charge is 0.338 e. The lowest BCUT2D eigenvalue weighted by Gasteiger charge is -2.14. The van der Waals surface area contributed by atoms with E-state index in [1.807, 2.05) is 42.7 Å². The third kappa shape index (κ3) is 4.14. The van der Waals surface area contributed by atoms with Crippen molar-refractivity contribution in [1.29, 1.82) is 0 Å². The molecule has 2 rings (SSSR count). The van der Waals surface area contributed by atoms with E-state index >= 15 is 0 Å². The van der Waals surface area contributed by atoms with Crippen LogP contribution in [0.5, 0.6) is 0 Å². The first-order valence-electron chi connectivity index (χ1n) is 7.67. The number of hydrogen-bond donors (Lipinski definition) is 2. The molecule has 24 heavy (non-hydrogen) atoms. The lowest BCUT2D eigenvalue weighted by molar-refractivity contribution is -0.119. The smallest absolute Gasteiger partial charge is 0.321 e. The van der Waals surface area contributed by atoms with Crippen LogP contribution in [0.15, 0.2) is 29.4 Å². The summed E-state index contributed by atoms with van der Waals surface area (Å²) in [7, 11) is 0. The molecule has 7 nitrogen and oxygen atoms in total. The van der Waals surface area contributed by atoms with Crippen LogP contribution >= 0.6 is 11.8 Å². The molecule has 0 aliphatic carbocycles. The van der Waals surface area contributed by atoms with E-state index in [9.17, 15) is 9.59 Å². The number of aryl methyl sites for hydroxylation is 2. The van der Waals surface area contributed by atoms with E-state index < -0.39 is 11.3 Å². The fourth-order valence-electron chi connectivity index (χ4n) is 2.14. The fraction of sp³-hybridized carbons (Fsp3) is 0.375. The van der Waals surface area contributed by atoms with Crippen LogP contribution in [0.2, 0.25) is 0 Å². The van der Waals surface area contributed by atoms with Crippen molar-refractivity contribution in [2.24, 2.45) is 0 Å². The number of para-hydroxylation sites is 1. The maximum Gasteiger partial charge on any atom is 0.321 e. The average molecular weight is 347 g/mol. The maximum atomic E-state index is 12.1. The SMILES string of the molecule is CCNC(=O)NC(=O)C(C)Sc1nnc(C)n1-c1ccccc1C. The number of aromatic nitrogens is 3. The Kier molecular flexibility index (Phi) is 5.97. The molecule has 0 aliphatic heterocycles. The highest BCUT2D eigenvalue weighted by molar-refractivity contribution is 8.00. The first kappa shape index (κ1) is 18.0. The molecule has 0 fully saturated rings. The Morgan fingerprint density at radius 1 is 1.25 bits per heavy atom. The van der Waals surface area contributed by atoms with Gasteiger partial charge in [0.15, 0.2) is 5.16 Å². The molecule has 1 aromatic heterocycles. The molecule has 1 unspecified atom stereocenters. The molecule has 0 saturated carbocycles. The highest BCUT2D eigenvalue weighted by atomic mass is 32.2. The lowest BCUT2D eigenvalue weighted by atomic mass is 10.2. The van der Waals surface area contributed by atoms with Gasteiger partial charge in [-0.2, -0.15) is 0 Å². The number of amides is 3. The highest BCUT2D eigenvalue weighted by Crippen LogP contribution is 2.26. The molecule has 0 bridgehead atoms. The van der Waals surface area contributed by atoms with Gasteiger partial charge in [-0.1, -0.05) is 30.0 Å². The lowest BCUT2D eigenvalue weighted by Crippen LogP contribution is -2.42. The predicted molar refractivity (Wildman–Crippen MR) is 93.4 cm³/mol. The van der Waals surface area contributed by atoms with Crippen LogP contribution in [0.25, 0.3) is 5.69 Å². The Labute approximate surface area is 145 Å². The monoisotopic (exact) mass is 347 g/mol. The van der Waals surface area contributed by atoms with Gasteiger partial charge in [0, 0.05) is 6.54 Å². The van der Waals surface area contributed by atoms with Crippen molar-refractivity contribution in [1.82, 2.24) is 25.4 Å². The van der Waals surface area contributed by atoms with E-state index in [-0.39, 0.29) is 5.91 Å². The molecule has 1 aromatic carbocycles. The predicted octanol–water partition coefficient (Wildman–Crippen LogP) is 2.21. The Hall–Kier alpha value is -2.35. The van der Waals surface area contributed by atoms with Crippen molar-refractivity contribution in [3.8, 4) is 5.69 Å². The van der Waals surface area contributed by atoms with Crippen LogP contribution < -0.4 is 10.6 Å². The van der Waals surface area contributed by atoms with Crippen LogP contribution in [0.4, 0.5) is 4.79 Å². The number of rotatable bonds is 5. The van der Waals surface area contributed by atoms with Gasteiger partial charge in [0.2, 0.25) is 5.91 Å². The number of nitrogens with zero attached hydrogens (tertiary/aromatic N) is 3. The van der Waals surface area contributed by atoms with Crippen LogP contribution in [0.1, 0.15) is 25.2 Å². The van der Waals surface area contributed by atoms with Gasteiger partial charge in [-0.3, -0.25) is 14.7 Å². The van der Waals surface area contributed by atoms with Crippen molar-refractivity contribution in [3.05, 3.63) is 35.7 Å². The molecular formula is C16H21N5O2S. The van der Waals surface area contributed by atoms with Crippen molar-refractivity contribution < 1.29 is 9.59 Å². The molecule has 8 heteroatoms. The van der Waals surface area contributed by atoms with Gasteiger partial charge in [-0.25, -0.2) is 4.79 Å². The molecule has 2 N–H and O–H groups in total. The second kappa shape index (κ2) is 7.96. The number of imide groups is 1. The van der Waals surface area contributed by atoms with E-state index in [1.54, 1.807) is 13.8 Å². The van der Waals surface area contributed by atoms with E-state index in [1.165, 1.54) is 11.8 Å². The molecule has 2 aromatic rings. The van der Waals surface area contributed by atoms with Gasteiger partial charge in [0.1, 0.15) is 5.82 Å². The summed E-state index contributed by atoms with van der Waals surface area (Å²) in [6.45, 7) is 7.85. The zero-order chi connectivity index (χ0) is 17.7. The second-order valence-electron chi connectivity index (χ2n) is 5.26. The van der Waals surface area contributed by atoms with Crippen LogP contribution in [0.3, 0.4) is 0 Å². The fourth-order valence-corrected chi connectivity index (χ4v) is 3.05. The number of carbonyl (C=O) groups is 2. The number of carbonyl (C=O) groups excluding carboxylic acids is 2. The standard InChI is InChI=1S/C16H21N5O2S/c1-5-17-15(23)18-14(22)11(3)24-16-20-19-12(4)21(16)13-9-7-6-8-10(13)2/h6-9,11H,5H2,1-4H3,(H2,17,18,22,23). The van der Waals surface area contributed by atoms with Crippen LogP contribution in [0, 0.1) is 13.8 Å². The minimum absolute atomic E-state index is 0.372.